The summed E-state index contributed by atoms with van der Waals surface area (Å²) in [6.07, 6.45) is 15.4. The standard InChI is InChI=1S/C18H34O2/c1-4-7-9-11-13-17(14-12-10-8-5-2)15-16-20-18(19)6-3/h6,17H,3-5,7-16H2,1-2H3. The molecule has 0 unspecified atom stereocenters. The van der Waals surface area contributed by atoms with E-state index in [4.69, 9.17) is 4.74 Å². The van der Waals surface area contributed by atoms with Crippen LogP contribution in [-0.4, -0.2) is 12.6 Å². The quantitative estimate of drug-likeness (QED) is 0.233. The maximum Gasteiger partial charge on any atom is 0.330 e. The zero-order valence-electron chi connectivity index (χ0n) is 13.7. The molecule has 0 radical (unpaired) electrons. The molecule has 118 valence electrons. The van der Waals surface area contributed by atoms with Crippen LogP contribution in [0.5, 0.6) is 0 Å². The first-order chi connectivity index (χ1) is 9.74. The fraction of sp³-hybridized carbons (Fsp3) is 0.833. The molecular formula is C18H34O2. The first-order valence-electron chi connectivity index (χ1n) is 8.53. The third kappa shape index (κ3) is 12.3. The lowest BCUT2D eigenvalue weighted by molar-refractivity contribution is -0.138. The van der Waals surface area contributed by atoms with Crippen molar-refractivity contribution in [3.63, 3.8) is 0 Å². The fourth-order valence-electron chi connectivity index (χ4n) is 2.54. The highest BCUT2D eigenvalue weighted by Crippen LogP contribution is 2.21. The van der Waals surface area contributed by atoms with Gasteiger partial charge in [-0.05, 0) is 12.3 Å². The van der Waals surface area contributed by atoms with Crippen molar-refractivity contribution in [3.05, 3.63) is 12.7 Å². The lowest BCUT2D eigenvalue weighted by Crippen LogP contribution is -2.09. The Hall–Kier alpha value is -0.790. The van der Waals surface area contributed by atoms with Crippen molar-refractivity contribution >= 4 is 5.97 Å². The Bertz CT molecular complexity index is 224. The topological polar surface area (TPSA) is 26.3 Å². The van der Waals surface area contributed by atoms with Crippen LogP contribution in [-0.2, 0) is 9.53 Å². The molecule has 0 fully saturated rings. The van der Waals surface area contributed by atoms with Crippen LogP contribution in [0, 0.1) is 5.92 Å². The summed E-state index contributed by atoms with van der Waals surface area (Å²) in [5.41, 5.74) is 0. The molecule has 0 aromatic carbocycles. The van der Waals surface area contributed by atoms with Crippen molar-refractivity contribution in [3.8, 4) is 0 Å². The summed E-state index contributed by atoms with van der Waals surface area (Å²) in [4.78, 5) is 11.1. The number of hydrogen-bond acceptors (Lipinski definition) is 2. The lowest BCUT2D eigenvalue weighted by atomic mass is 9.92. The summed E-state index contributed by atoms with van der Waals surface area (Å²) in [6, 6.07) is 0. The summed E-state index contributed by atoms with van der Waals surface area (Å²) in [7, 11) is 0. The van der Waals surface area contributed by atoms with Crippen molar-refractivity contribution in [2.45, 2.75) is 84.5 Å². The van der Waals surface area contributed by atoms with Gasteiger partial charge in [0.1, 0.15) is 0 Å². The zero-order chi connectivity index (χ0) is 15.1. The van der Waals surface area contributed by atoms with Crippen LogP contribution in [0.25, 0.3) is 0 Å². The summed E-state index contributed by atoms with van der Waals surface area (Å²) in [5, 5.41) is 0. The predicted octanol–water partition coefficient (Wildman–Crippen LogP) is 5.66. The van der Waals surface area contributed by atoms with Gasteiger partial charge < -0.3 is 4.74 Å². The molecule has 0 aliphatic rings. The van der Waals surface area contributed by atoms with Gasteiger partial charge in [0.05, 0.1) is 6.61 Å². The molecule has 0 atom stereocenters. The summed E-state index contributed by atoms with van der Waals surface area (Å²) in [5.74, 6) is 0.432. The van der Waals surface area contributed by atoms with Crippen LogP contribution in [0.4, 0.5) is 0 Å². The van der Waals surface area contributed by atoms with Gasteiger partial charge in [-0.1, -0.05) is 84.6 Å². The van der Waals surface area contributed by atoms with Gasteiger partial charge in [0.25, 0.3) is 0 Å². The van der Waals surface area contributed by atoms with E-state index in [1.165, 1.54) is 70.3 Å². The van der Waals surface area contributed by atoms with E-state index in [-0.39, 0.29) is 5.97 Å². The molecule has 0 N–H and O–H groups in total. The summed E-state index contributed by atoms with van der Waals surface area (Å²) < 4.78 is 5.12. The SMILES string of the molecule is C=CC(=O)OCCC(CCCCCC)CCCCCC. The number of ether oxygens (including phenoxy) is 1. The van der Waals surface area contributed by atoms with Crippen LogP contribution in [0.2, 0.25) is 0 Å². The number of unbranched alkanes of at least 4 members (excludes halogenated alkanes) is 6. The average Bonchev–Trinajstić information content (AvgIpc) is 2.47. The normalized spacial score (nSPS) is 10.8. The third-order valence-corrected chi connectivity index (χ3v) is 3.87. The largest absolute Gasteiger partial charge is 0.463 e. The molecule has 0 bridgehead atoms. The van der Waals surface area contributed by atoms with Gasteiger partial charge in [-0.3, -0.25) is 0 Å². The zero-order valence-corrected chi connectivity index (χ0v) is 13.7. The van der Waals surface area contributed by atoms with Gasteiger partial charge in [-0.2, -0.15) is 0 Å². The van der Waals surface area contributed by atoms with Crippen molar-refractivity contribution < 1.29 is 9.53 Å². The molecule has 0 aliphatic carbocycles. The van der Waals surface area contributed by atoms with Gasteiger partial charge >= 0.3 is 5.97 Å². The van der Waals surface area contributed by atoms with Crippen LogP contribution in [0.15, 0.2) is 12.7 Å². The van der Waals surface area contributed by atoms with E-state index in [1.54, 1.807) is 0 Å². The maximum absolute atomic E-state index is 11.1. The molecule has 0 amide bonds. The smallest absolute Gasteiger partial charge is 0.330 e. The van der Waals surface area contributed by atoms with E-state index in [0.717, 1.165) is 12.3 Å². The third-order valence-electron chi connectivity index (χ3n) is 3.87. The molecular weight excluding hydrogens is 248 g/mol. The predicted molar refractivity (Wildman–Crippen MR) is 86.8 cm³/mol. The molecule has 0 heterocycles. The van der Waals surface area contributed by atoms with E-state index in [1.807, 2.05) is 0 Å². The number of esters is 1. The highest BCUT2D eigenvalue weighted by Gasteiger charge is 2.09. The molecule has 0 aromatic heterocycles. The Kier molecular flexibility index (Phi) is 14.0. The van der Waals surface area contributed by atoms with Gasteiger partial charge in [0.15, 0.2) is 0 Å². The second-order valence-corrected chi connectivity index (χ2v) is 5.72. The van der Waals surface area contributed by atoms with Crippen LogP contribution >= 0.6 is 0 Å². The number of rotatable bonds is 14. The Labute approximate surface area is 126 Å². The van der Waals surface area contributed by atoms with E-state index in [9.17, 15) is 4.79 Å². The van der Waals surface area contributed by atoms with Crippen LogP contribution < -0.4 is 0 Å². The van der Waals surface area contributed by atoms with Crippen molar-refractivity contribution in [2.24, 2.45) is 5.92 Å². The van der Waals surface area contributed by atoms with E-state index in [0.29, 0.717) is 6.61 Å². The molecule has 0 aromatic rings. The number of hydrogen-bond donors (Lipinski definition) is 0. The van der Waals surface area contributed by atoms with Gasteiger partial charge in [-0.15, -0.1) is 0 Å². The Morgan fingerprint density at radius 3 is 1.95 bits per heavy atom. The first-order valence-corrected chi connectivity index (χ1v) is 8.53. The molecule has 0 rings (SSSR count). The second-order valence-electron chi connectivity index (χ2n) is 5.72. The second kappa shape index (κ2) is 14.6. The molecule has 2 heteroatoms. The summed E-state index contributed by atoms with van der Waals surface area (Å²) in [6.45, 7) is 8.47. The van der Waals surface area contributed by atoms with Crippen molar-refractivity contribution in [1.82, 2.24) is 0 Å². The number of carbonyl (C=O) groups excluding carboxylic acids is 1. The fourth-order valence-corrected chi connectivity index (χ4v) is 2.54. The molecule has 2 nitrogen and oxygen atoms in total. The van der Waals surface area contributed by atoms with Gasteiger partial charge in [0.2, 0.25) is 0 Å². The molecule has 0 saturated carbocycles. The average molecular weight is 282 g/mol. The first kappa shape index (κ1) is 19.2. The van der Waals surface area contributed by atoms with Crippen molar-refractivity contribution in [1.29, 1.82) is 0 Å². The highest BCUT2D eigenvalue weighted by molar-refractivity contribution is 5.81. The number of carbonyl (C=O) groups is 1. The van der Waals surface area contributed by atoms with Gasteiger partial charge in [-0.25, -0.2) is 4.79 Å². The molecule has 0 spiro atoms. The minimum absolute atomic E-state index is 0.291. The Balaban J connectivity index is 3.84. The minimum Gasteiger partial charge on any atom is -0.463 e. The van der Waals surface area contributed by atoms with E-state index < -0.39 is 0 Å². The highest BCUT2D eigenvalue weighted by atomic mass is 16.5. The van der Waals surface area contributed by atoms with Crippen molar-refractivity contribution in [2.75, 3.05) is 6.61 Å². The van der Waals surface area contributed by atoms with E-state index >= 15 is 0 Å². The minimum atomic E-state index is -0.291. The van der Waals surface area contributed by atoms with Crippen LogP contribution in [0.3, 0.4) is 0 Å². The summed E-state index contributed by atoms with van der Waals surface area (Å²) >= 11 is 0. The maximum atomic E-state index is 11.1. The molecule has 20 heavy (non-hydrogen) atoms. The lowest BCUT2D eigenvalue weighted by Gasteiger charge is -2.16. The monoisotopic (exact) mass is 282 g/mol. The van der Waals surface area contributed by atoms with Gasteiger partial charge in [0, 0.05) is 6.08 Å². The Morgan fingerprint density at radius 2 is 1.50 bits per heavy atom. The van der Waals surface area contributed by atoms with Crippen LogP contribution in [0.1, 0.15) is 84.5 Å². The Morgan fingerprint density at radius 1 is 0.950 bits per heavy atom. The molecule has 0 saturated heterocycles. The van der Waals surface area contributed by atoms with E-state index in [2.05, 4.69) is 20.4 Å². The molecule has 0 aliphatic heterocycles.